The Kier molecular flexibility index (Phi) is 2.58. The minimum absolute atomic E-state index is 0.253. The fourth-order valence-corrected chi connectivity index (χ4v) is 1.73. The largest absolute Gasteiger partial charge is 0.467 e. The lowest BCUT2D eigenvalue weighted by Gasteiger charge is -2.40. The maximum absolute atomic E-state index is 13.0. The minimum atomic E-state index is -0.289. The number of methoxy groups -OCH3 is 1. The van der Waals surface area contributed by atoms with Crippen LogP contribution in [-0.2, 0) is 9.53 Å². The summed E-state index contributed by atoms with van der Waals surface area (Å²) in [5.41, 5.74) is 0.733. The van der Waals surface area contributed by atoms with Crippen LogP contribution in [0.5, 0.6) is 0 Å². The van der Waals surface area contributed by atoms with Crippen LogP contribution >= 0.6 is 0 Å². The van der Waals surface area contributed by atoms with E-state index in [0.29, 0.717) is 0 Å². The molecule has 80 valence electrons. The highest BCUT2D eigenvalue weighted by Gasteiger charge is 2.35. The van der Waals surface area contributed by atoms with Crippen molar-refractivity contribution in [1.82, 2.24) is 0 Å². The molecule has 4 heteroatoms. The van der Waals surface area contributed by atoms with E-state index in [4.69, 9.17) is 0 Å². The number of ether oxygens (including phenoxy) is 1. The summed E-state index contributed by atoms with van der Waals surface area (Å²) in [5, 5.41) is 0. The maximum atomic E-state index is 13.0. The van der Waals surface area contributed by atoms with Crippen LogP contribution in [0, 0.1) is 5.82 Å². The summed E-state index contributed by atoms with van der Waals surface area (Å²) in [6.45, 7) is 0.767. The molecule has 1 aliphatic rings. The number of rotatable bonds is 2. The number of anilines is 1. The maximum Gasteiger partial charge on any atom is 0.328 e. The van der Waals surface area contributed by atoms with E-state index in [9.17, 15) is 9.18 Å². The Balaban J connectivity index is 2.15. The molecule has 15 heavy (non-hydrogen) atoms. The molecule has 2 rings (SSSR count). The number of carbonyl (C=O) groups excluding carboxylic acids is 1. The Labute approximate surface area is 87.5 Å². The molecule has 0 saturated carbocycles. The third-order valence-corrected chi connectivity index (χ3v) is 2.63. The molecule has 0 N–H and O–H groups in total. The van der Waals surface area contributed by atoms with Gasteiger partial charge in [-0.1, -0.05) is 6.07 Å². The molecule has 3 nitrogen and oxygen atoms in total. The first kappa shape index (κ1) is 9.96. The van der Waals surface area contributed by atoms with E-state index in [1.165, 1.54) is 19.2 Å². The predicted octanol–water partition coefficient (Wildman–Crippen LogP) is 1.58. The van der Waals surface area contributed by atoms with Gasteiger partial charge in [0.1, 0.15) is 11.9 Å². The van der Waals surface area contributed by atoms with Gasteiger partial charge >= 0.3 is 5.97 Å². The highest BCUT2D eigenvalue weighted by Crippen LogP contribution is 2.27. The lowest BCUT2D eigenvalue weighted by molar-refractivity contribution is -0.143. The Hall–Kier alpha value is -1.58. The van der Waals surface area contributed by atoms with Gasteiger partial charge in [-0.3, -0.25) is 0 Å². The molecule has 0 amide bonds. The van der Waals surface area contributed by atoms with Crippen molar-refractivity contribution < 1.29 is 13.9 Å². The van der Waals surface area contributed by atoms with Gasteiger partial charge in [0.2, 0.25) is 0 Å². The van der Waals surface area contributed by atoms with Gasteiger partial charge in [0.15, 0.2) is 0 Å². The number of esters is 1. The number of carbonyl (C=O) groups is 1. The molecule has 1 aromatic rings. The van der Waals surface area contributed by atoms with E-state index in [2.05, 4.69) is 4.74 Å². The molecule has 1 saturated heterocycles. The zero-order valence-electron chi connectivity index (χ0n) is 8.44. The van der Waals surface area contributed by atoms with Crippen LogP contribution in [0.25, 0.3) is 0 Å². The van der Waals surface area contributed by atoms with Crippen molar-refractivity contribution in [2.75, 3.05) is 18.6 Å². The average Bonchev–Trinajstić information content (AvgIpc) is 2.16. The molecular formula is C11H12FNO2. The van der Waals surface area contributed by atoms with Gasteiger partial charge in [0.05, 0.1) is 7.11 Å². The van der Waals surface area contributed by atoms with Gasteiger partial charge in [-0.2, -0.15) is 0 Å². The second kappa shape index (κ2) is 3.88. The van der Waals surface area contributed by atoms with E-state index in [0.717, 1.165) is 18.7 Å². The summed E-state index contributed by atoms with van der Waals surface area (Å²) >= 11 is 0. The lowest BCUT2D eigenvalue weighted by Crippen LogP contribution is -2.53. The van der Waals surface area contributed by atoms with Crippen molar-refractivity contribution in [1.29, 1.82) is 0 Å². The van der Waals surface area contributed by atoms with Crippen molar-refractivity contribution in [3.05, 3.63) is 30.1 Å². The fraction of sp³-hybridized carbons (Fsp3) is 0.364. The first-order chi connectivity index (χ1) is 7.22. The summed E-state index contributed by atoms with van der Waals surface area (Å²) in [6.07, 6.45) is 0.767. The number of hydrogen-bond donors (Lipinski definition) is 0. The molecule has 0 bridgehead atoms. The van der Waals surface area contributed by atoms with E-state index >= 15 is 0 Å². The summed E-state index contributed by atoms with van der Waals surface area (Å²) in [5.74, 6) is -0.548. The fourth-order valence-electron chi connectivity index (χ4n) is 1.73. The Morgan fingerprint density at radius 2 is 2.40 bits per heavy atom. The number of benzene rings is 1. The Morgan fingerprint density at radius 3 is 2.93 bits per heavy atom. The van der Waals surface area contributed by atoms with Crippen LogP contribution in [0.2, 0.25) is 0 Å². The van der Waals surface area contributed by atoms with Crippen molar-refractivity contribution in [2.45, 2.75) is 12.5 Å². The van der Waals surface area contributed by atoms with Crippen LogP contribution in [0.4, 0.5) is 10.1 Å². The molecule has 1 aromatic carbocycles. The van der Waals surface area contributed by atoms with Gasteiger partial charge in [0.25, 0.3) is 0 Å². The van der Waals surface area contributed by atoms with Crippen LogP contribution < -0.4 is 4.90 Å². The molecule has 0 aliphatic carbocycles. The topological polar surface area (TPSA) is 29.5 Å². The van der Waals surface area contributed by atoms with Crippen LogP contribution in [0.3, 0.4) is 0 Å². The minimum Gasteiger partial charge on any atom is -0.467 e. The third kappa shape index (κ3) is 1.79. The second-order valence-electron chi connectivity index (χ2n) is 3.50. The van der Waals surface area contributed by atoms with E-state index < -0.39 is 0 Å². The summed E-state index contributed by atoms with van der Waals surface area (Å²) < 4.78 is 17.6. The number of halogens is 1. The molecule has 0 aromatic heterocycles. The van der Waals surface area contributed by atoms with Gasteiger partial charge in [0, 0.05) is 12.2 Å². The summed E-state index contributed by atoms with van der Waals surface area (Å²) in [6, 6.07) is 5.98. The van der Waals surface area contributed by atoms with Crippen molar-refractivity contribution in [3.8, 4) is 0 Å². The molecule has 1 fully saturated rings. The monoisotopic (exact) mass is 209 g/mol. The van der Waals surface area contributed by atoms with Crippen LogP contribution in [-0.4, -0.2) is 25.7 Å². The molecule has 1 heterocycles. The van der Waals surface area contributed by atoms with Gasteiger partial charge in [-0.25, -0.2) is 9.18 Å². The van der Waals surface area contributed by atoms with E-state index in [1.807, 2.05) is 4.90 Å². The Bertz CT molecular complexity index is 381. The zero-order valence-corrected chi connectivity index (χ0v) is 8.44. The van der Waals surface area contributed by atoms with Crippen LogP contribution in [0.15, 0.2) is 24.3 Å². The molecule has 0 radical (unpaired) electrons. The highest BCUT2D eigenvalue weighted by atomic mass is 19.1. The van der Waals surface area contributed by atoms with E-state index in [1.54, 1.807) is 12.1 Å². The molecule has 1 atom stereocenters. The summed E-state index contributed by atoms with van der Waals surface area (Å²) in [4.78, 5) is 13.1. The van der Waals surface area contributed by atoms with Crippen molar-refractivity contribution >= 4 is 11.7 Å². The average molecular weight is 209 g/mol. The lowest BCUT2D eigenvalue weighted by atomic mass is 10.0. The molecule has 1 unspecified atom stereocenters. The molecular weight excluding hydrogens is 197 g/mol. The van der Waals surface area contributed by atoms with Crippen molar-refractivity contribution in [3.63, 3.8) is 0 Å². The third-order valence-electron chi connectivity index (χ3n) is 2.63. The van der Waals surface area contributed by atoms with Gasteiger partial charge in [-0.15, -0.1) is 0 Å². The number of nitrogens with zero attached hydrogens (tertiary/aromatic N) is 1. The summed E-state index contributed by atoms with van der Waals surface area (Å²) in [7, 11) is 1.37. The standard InChI is InChI=1S/C11H12FNO2/c1-15-11(14)10-5-6-13(10)9-4-2-3-8(12)7-9/h2-4,7,10H,5-6H2,1H3. The van der Waals surface area contributed by atoms with E-state index in [-0.39, 0.29) is 17.8 Å². The first-order valence-corrected chi connectivity index (χ1v) is 4.82. The molecule has 0 spiro atoms. The SMILES string of the molecule is COC(=O)C1CCN1c1cccc(F)c1. The number of hydrogen-bond acceptors (Lipinski definition) is 3. The zero-order chi connectivity index (χ0) is 10.8. The van der Waals surface area contributed by atoms with Crippen LogP contribution in [0.1, 0.15) is 6.42 Å². The predicted molar refractivity (Wildman–Crippen MR) is 54.2 cm³/mol. The normalized spacial score (nSPS) is 19.6. The second-order valence-corrected chi connectivity index (χ2v) is 3.50. The quantitative estimate of drug-likeness (QED) is 0.692. The highest BCUT2D eigenvalue weighted by molar-refractivity contribution is 5.82. The van der Waals surface area contributed by atoms with Crippen molar-refractivity contribution in [2.24, 2.45) is 0 Å². The first-order valence-electron chi connectivity index (χ1n) is 4.82. The Morgan fingerprint density at radius 1 is 1.60 bits per heavy atom. The van der Waals surface area contributed by atoms with Gasteiger partial charge in [-0.05, 0) is 24.6 Å². The molecule has 1 aliphatic heterocycles. The van der Waals surface area contributed by atoms with Gasteiger partial charge < -0.3 is 9.64 Å². The smallest absolute Gasteiger partial charge is 0.328 e.